The number of benzene rings is 2. The smallest absolute Gasteiger partial charge is 0.261 e. The molecule has 2 amide bonds. The topological polar surface area (TPSA) is 83.6 Å². The van der Waals surface area contributed by atoms with E-state index >= 15 is 0 Å². The fourth-order valence-electron chi connectivity index (χ4n) is 2.41. The van der Waals surface area contributed by atoms with Crippen LogP contribution in [0, 0.1) is 5.82 Å². The lowest BCUT2D eigenvalue weighted by atomic mass is 10.3. The van der Waals surface area contributed by atoms with E-state index < -0.39 is 15.8 Å². The first-order valence-corrected chi connectivity index (χ1v) is 9.08. The van der Waals surface area contributed by atoms with Crippen LogP contribution in [0.15, 0.2) is 47.4 Å². The Labute approximate surface area is 148 Å². The molecule has 0 radical (unpaired) electrons. The summed E-state index contributed by atoms with van der Waals surface area (Å²) >= 11 is 5.63. The van der Waals surface area contributed by atoms with E-state index in [9.17, 15) is 22.4 Å². The number of carbonyl (C=O) groups is 2. The van der Waals surface area contributed by atoms with Crippen LogP contribution in [0.3, 0.4) is 0 Å². The first kappa shape index (κ1) is 17.4. The van der Waals surface area contributed by atoms with Crippen molar-refractivity contribution in [1.82, 2.24) is 0 Å². The maximum absolute atomic E-state index is 13.1. The van der Waals surface area contributed by atoms with Crippen LogP contribution in [0.1, 0.15) is 12.8 Å². The first-order chi connectivity index (χ1) is 11.8. The Morgan fingerprint density at radius 3 is 2.16 bits per heavy atom. The van der Waals surface area contributed by atoms with Gasteiger partial charge in [0.15, 0.2) is 0 Å². The summed E-state index contributed by atoms with van der Waals surface area (Å²) in [6, 6.07) is 8.77. The molecule has 0 spiro atoms. The number of anilines is 2. The number of halogens is 2. The highest BCUT2D eigenvalue weighted by Crippen LogP contribution is 2.26. The van der Waals surface area contributed by atoms with Crippen molar-refractivity contribution in [2.75, 3.05) is 9.62 Å². The number of amides is 2. The van der Waals surface area contributed by atoms with Gasteiger partial charge >= 0.3 is 0 Å². The molecule has 6 nitrogen and oxygen atoms in total. The van der Waals surface area contributed by atoms with Gasteiger partial charge in [-0.05, 0) is 42.5 Å². The molecule has 130 valence electrons. The van der Waals surface area contributed by atoms with Gasteiger partial charge in [0.2, 0.25) is 11.8 Å². The number of rotatable bonds is 4. The molecule has 25 heavy (non-hydrogen) atoms. The van der Waals surface area contributed by atoms with Gasteiger partial charge in [-0.2, -0.15) is 0 Å². The molecule has 1 saturated heterocycles. The maximum Gasteiger partial charge on any atom is 0.261 e. The van der Waals surface area contributed by atoms with Crippen LogP contribution in [0.5, 0.6) is 0 Å². The van der Waals surface area contributed by atoms with Crippen LogP contribution in [-0.4, -0.2) is 20.2 Å². The summed E-state index contributed by atoms with van der Waals surface area (Å²) in [5.41, 5.74) is 0.427. The molecule has 0 unspecified atom stereocenters. The number of nitrogens with zero attached hydrogens (tertiary/aromatic N) is 1. The lowest BCUT2D eigenvalue weighted by Crippen LogP contribution is -2.28. The fourth-order valence-corrected chi connectivity index (χ4v) is 3.64. The Morgan fingerprint density at radius 1 is 1.00 bits per heavy atom. The normalized spacial score (nSPS) is 14.9. The van der Waals surface area contributed by atoms with Gasteiger partial charge in [-0.25, -0.2) is 12.8 Å². The van der Waals surface area contributed by atoms with Crippen molar-refractivity contribution in [3.8, 4) is 0 Å². The zero-order chi connectivity index (χ0) is 18.2. The predicted molar refractivity (Wildman–Crippen MR) is 90.4 cm³/mol. The highest BCUT2D eigenvalue weighted by Gasteiger charge is 2.30. The van der Waals surface area contributed by atoms with Gasteiger partial charge in [0, 0.05) is 12.8 Å². The van der Waals surface area contributed by atoms with E-state index in [1.165, 1.54) is 30.3 Å². The number of sulfonamides is 1. The predicted octanol–water partition coefficient (Wildman–Crippen LogP) is 2.93. The summed E-state index contributed by atoms with van der Waals surface area (Å²) < 4.78 is 40.2. The van der Waals surface area contributed by atoms with Gasteiger partial charge in [-0.1, -0.05) is 11.6 Å². The van der Waals surface area contributed by atoms with Crippen molar-refractivity contribution in [3.63, 3.8) is 0 Å². The van der Waals surface area contributed by atoms with E-state index in [-0.39, 0.29) is 40.3 Å². The summed E-state index contributed by atoms with van der Waals surface area (Å²) in [6.45, 7) is 0. The summed E-state index contributed by atoms with van der Waals surface area (Å²) in [6.07, 6.45) is 0.289. The number of imide groups is 1. The van der Waals surface area contributed by atoms with E-state index in [0.717, 1.165) is 17.0 Å². The molecule has 1 aliphatic rings. The summed E-state index contributed by atoms with van der Waals surface area (Å²) in [4.78, 5) is 24.4. The van der Waals surface area contributed by atoms with Gasteiger partial charge in [0.05, 0.1) is 21.3 Å². The van der Waals surface area contributed by atoms with Crippen LogP contribution in [0.4, 0.5) is 15.8 Å². The van der Waals surface area contributed by atoms with Crippen LogP contribution >= 0.6 is 11.6 Å². The lowest BCUT2D eigenvalue weighted by Gasteiger charge is -2.14. The molecule has 1 N–H and O–H groups in total. The van der Waals surface area contributed by atoms with E-state index in [4.69, 9.17) is 11.6 Å². The van der Waals surface area contributed by atoms with Gasteiger partial charge in [0.25, 0.3) is 10.0 Å². The second-order valence-corrected chi connectivity index (χ2v) is 7.44. The second-order valence-electron chi connectivity index (χ2n) is 5.35. The quantitative estimate of drug-likeness (QED) is 0.824. The van der Waals surface area contributed by atoms with Crippen molar-refractivity contribution >= 4 is 44.8 Å². The molecular weight excluding hydrogens is 371 g/mol. The molecule has 0 atom stereocenters. The molecule has 1 heterocycles. The molecular formula is C16H12ClFN2O4S. The zero-order valence-electron chi connectivity index (χ0n) is 12.7. The summed E-state index contributed by atoms with van der Waals surface area (Å²) in [7, 11) is -3.93. The van der Waals surface area contributed by atoms with E-state index in [2.05, 4.69) is 4.72 Å². The van der Waals surface area contributed by atoms with Gasteiger partial charge in [-0.3, -0.25) is 19.2 Å². The molecule has 0 saturated carbocycles. The number of hydrogen-bond acceptors (Lipinski definition) is 4. The molecule has 3 rings (SSSR count). The molecule has 1 fully saturated rings. The Morgan fingerprint density at radius 2 is 1.60 bits per heavy atom. The number of nitrogens with one attached hydrogen (secondary N) is 1. The highest BCUT2D eigenvalue weighted by atomic mass is 35.5. The zero-order valence-corrected chi connectivity index (χ0v) is 14.3. The minimum absolute atomic E-state index is 0.0733. The minimum atomic E-state index is -3.93. The third-order valence-electron chi connectivity index (χ3n) is 3.63. The van der Waals surface area contributed by atoms with Crippen LogP contribution in [0.2, 0.25) is 5.02 Å². The second kappa shape index (κ2) is 6.45. The summed E-state index contributed by atoms with van der Waals surface area (Å²) in [5.74, 6) is -1.30. The van der Waals surface area contributed by atoms with E-state index in [0.29, 0.717) is 5.69 Å². The minimum Gasteiger partial charge on any atom is -0.280 e. The molecule has 2 aromatic rings. The SMILES string of the molecule is O=C1CCC(=O)N1c1ccc(S(=O)(=O)Nc2ccc(F)c(Cl)c2)cc1. The molecule has 0 aliphatic carbocycles. The Kier molecular flexibility index (Phi) is 4.49. The molecule has 0 bridgehead atoms. The standard InChI is InChI=1S/C16H12ClFN2O4S/c17-13-9-10(1-6-14(13)18)19-25(23,24)12-4-2-11(3-5-12)20-15(21)7-8-16(20)22/h1-6,9,19H,7-8H2. The van der Waals surface area contributed by atoms with Crippen LogP contribution in [-0.2, 0) is 19.6 Å². The first-order valence-electron chi connectivity index (χ1n) is 7.22. The van der Waals surface area contributed by atoms with Crippen molar-refractivity contribution in [2.45, 2.75) is 17.7 Å². The Balaban J connectivity index is 1.84. The average Bonchev–Trinajstić information content (AvgIpc) is 2.90. The van der Waals surface area contributed by atoms with Crippen LogP contribution < -0.4 is 9.62 Å². The third kappa shape index (κ3) is 3.49. The van der Waals surface area contributed by atoms with Gasteiger partial charge in [-0.15, -0.1) is 0 Å². The van der Waals surface area contributed by atoms with E-state index in [1.807, 2.05) is 0 Å². The van der Waals surface area contributed by atoms with Crippen molar-refractivity contribution in [2.24, 2.45) is 0 Å². The molecule has 0 aromatic heterocycles. The number of carbonyl (C=O) groups excluding carboxylic acids is 2. The third-order valence-corrected chi connectivity index (χ3v) is 5.32. The van der Waals surface area contributed by atoms with Crippen molar-refractivity contribution in [1.29, 1.82) is 0 Å². The summed E-state index contributed by atoms with van der Waals surface area (Å²) in [5, 5.41) is -0.207. The lowest BCUT2D eigenvalue weighted by molar-refractivity contribution is -0.121. The average molecular weight is 383 g/mol. The highest BCUT2D eigenvalue weighted by molar-refractivity contribution is 7.92. The molecule has 1 aliphatic heterocycles. The molecule has 9 heteroatoms. The van der Waals surface area contributed by atoms with Gasteiger partial charge in [0.1, 0.15) is 5.82 Å². The van der Waals surface area contributed by atoms with E-state index in [1.54, 1.807) is 0 Å². The van der Waals surface area contributed by atoms with Crippen LogP contribution in [0.25, 0.3) is 0 Å². The Hall–Kier alpha value is -2.45. The van der Waals surface area contributed by atoms with Gasteiger partial charge < -0.3 is 0 Å². The number of hydrogen-bond donors (Lipinski definition) is 1. The fraction of sp³-hybridized carbons (Fsp3) is 0.125. The molecule has 2 aromatic carbocycles. The van der Waals surface area contributed by atoms with Crippen molar-refractivity contribution in [3.05, 3.63) is 53.3 Å². The monoisotopic (exact) mass is 382 g/mol. The van der Waals surface area contributed by atoms with Crippen molar-refractivity contribution < 1.29 is 22.4 Å². The maximum atomic E-state index is 13.1. The Bertz CT molecular complexity index is 945. The largest absolute Gasteiger partial charge is 0.280 e.